The molecule has 1 heterocycles. The summed E-state index contributed by atoms with van der Waals surface area (Å²) >= 11 is 0. The summed E-state index contributed by atoms with van der Waals surface area (Å²) in [4.78, 5) is 5.17. The summed E-state index contributed by atoms with van der Waals surface area (Å²) in [7, 11) is 0. The number of hydrogen-bond donors (Lipinski definition) is 1. The van der Waals surface area contributed by atoms with Gasteiger partial charge in [0.2, 0.25) is 0 Å². The summed E-state index contributed by atoms with van der Waals surface area (Å²) in [5.74, 6) is 0.910. The first-order chi connectivity index (χ1) is 8.31. The Labute approximate surface area is 107 Å². The van der Waals surface area contributed by atoms with Crippen molar-refractivity contribution in [2.45, 2.75) is 39.2 Å². The van der Waals surface area contributed by atoms with E-state index >= 15 is 0 Å². The van der Waals surface area contributed by atoms with E-state index in [1.165, 1.54) is 65.1 Å². The molecule has 1 aliphatic carbocycles. The molecule has 100 valence electrons. The summed E-state index contributed by atoms with van der Waals surface area (Å²) in [5, 5.41) is 3.67. The number of hydrogen-bond acceptors (Lipinski definition) is 3. The lowest BCUT2D eigenvalue weighted by Gasteiger charge is -2.22. The zero-order valence-corrected chi connectivity index (χ0v) is 11.6. The topological polar surface area (TPSA) is 18.5 Å². The Kier molecular flexibility index (Phi) is 5.26. The van der Waals surface area contributed by atoms with Crippen molar-refractivity contribution in [2.24, 2.45) is 5.92 Å². The molecule has 0 aromatic rings. The monoisotopic (exact) mass is 239 g/mol. The SMILES string of the molecule is CCN(CC)CCN1CCC(CNC2CC2)C1. The summed E-state index contributed by atoms with van der Waals surface area (Å²) in [5.41, 5.74) is 0. The van der Waals surface area contributed by atoms with Gasteiger partial charge in [0.25, 0.3) is 0 Å². The number of likely N-dealkylation sites (tertiary alicyclic amines) is 1. The summed E-state index contributed by atoms with van der Waals surface area (Å²) in [6.45, 7) is 13.3. The first-order valence-corrected chi connectivity index (χ1v) is 7.50. The fourth-order valence-corrected chi connectivity index (χ4v) is 2.73. The van der Waals surface area contributed by atoms with Gasteiger partial charge in [-0.05, 0) is 51.4 Å². The molecule has 3 heteroatoms. The van der Waals surface area contributed by atoms with Crippen LogP contribution >= 0.6 is 0 Å². The van der Waals surface area contributed by atoms with Gasteiger partial charge in [-0.2, -0.15) is 0 Å². The molecule has 1 saturated carbocycles. The van der Waals surface area contributed by atoms with E-state index in [2.05, 4.69) is 29.0 Å². The van der Waals surface area contributed by atoms with E-state index in [4.69, 9.17) is 0 Å². The van der Waals surface area contributed by atoms with E-state index in [1.807, 2.05) is 0 Å². The molecule has 1 atom stereocenters. The molecule has 1 N–H and O–H groups in total. The average Bonchev–Trinajstić information content (AvgIpc) is 3.07. The molecular weight excluding hydrogens is 210 g/mol. The number of likely N-dealkylation sites (N-methyl/N-ethyl adjacent to an activating group) is 1. The quantitative estimate of drug-likeness (QED) is 0.691. The van der Waals surface area contributed by atoms with E-state index in [1.54, 1.807) is 0 Å². The molecule has 3 nitrogen and oxygen atoms in total. The molecular formula is C14H29N3. The standard InChI is InChI=1S/C14H29N3/c1-3-16(4-2)9-10-17-8-7-13(12-17)11-15-14-5-6-14/h13-15H,3-12H2,1-2H3. The average molecular weight is 239 g/mol. The summed E-state index contributed by atoms with van der Waals surface area (Å²) in [6, 6.07) is 0.875. The predicted molar refractivity (Wildman–Crippen MR) is 73.4 cm³/mol. The number of nitrogens with zero attached hydrogens (tertiary/aromatic N) is 2. The van der Waals surface area contributed by atoms with E-state index in [0.717, 1.165) is 12.0 Å². The van der Waals surface area contributed by atoms with Gasteiger partial charge in [0.1, 0.15) is 0 Å². The molecule has 2 rings (SSSR count). The van der Waals surface area contributed by atoms with Crippen molar-refractivity contribution in [3.63, 3.8) is 0 Å². The van der Waals surface area contributed by atoms with Crippen LogP contribution in [0.25, 0.3) is 0 Å². The second-order valence-corrected chi connectivity index (χ2v) is 5.66. The van der Waals surface area contributed by atoms with Gasteiger partial charge in [-0.3, -0.25) is 0 Å². The van der Waals surface area contributed by atoms with Gasteiger partial charge in [-0.1, -0.05) is 13.8 Å². The second kappa shape index (κ2) is 6.72. The Morgan fingerprint density at radius 1 is 1.18 bits per heavy atom. The van der Waals surface area contributed by atoms with Gasteiger partial charge in [0, 0.05) is 25.7 Å². The first-order valence-electron chi connectivity index (χ1n) is 7.50. The second-order valence-electron chi connectivity index (χ2n) is 5.66. The molecule has 1 saturated heterocycles. The maximum atomic E-state index is 3.67. The van der Waals surface area contributed by atoms with Crippen LogP contribution in [0.4, 0.5) is 0 Å². The van der Waals surface area contributed by atoms with Crippen LogP contribution in [0.2, 0.25) is 0 Å². The Bertz CT molecular complexity index is 212. The van der Waals surface area contributed by atoms with Crippen molar-refractivity contribution in [1.29, 1.82) is 0 Å². The van der Waals surface area contributed by atoms with Crippen LogP contribution in [0, 0.1) is 5.92 Å². The minimum atomic E-state index is 0.875. The molecule has 17 heavy (non-hydrogen) atoms. The highest BCUT2D eigenvalue weighted by molar-refractivity contribution is 4.84. The third kappa shape index (κ3) is 4.57. The van der Waals surface area contributed by atoms with Crippen LogP contribution in [-0.4, -0.2) is 61.7 Å². The third-order valence-corrected chi connectivity index (χ3v) is 4.27. The minimum Gasteiger partial charge on any atom is -0.314 e. The molecule has 0 amide bonds. The lowest BCUT2D eigenvalue weighted by atomic mass is 10.1. The van der Waals surface area contributed by atoms with E-state index in [0.29, 0.717) is 0 Å². The minimum absolute atomic E-state index is 0.875. The molecule has 0 bridgehead atoms. The zero-order chi connectivity index (χ0) is 12.1. The maximum Gasteiger partial charge on any atom is 0.0109 e. The molecule has 2 aliphatic rings. The Morgan fingerprint density at radius 2 is 1.94 bits per heavy atom. The van der Waals surface area contributed by atoms with Crippen molar-refractivity contribution in [3.8, 4) is 0 Å². The Morgan fingerprint density at radius 3 is 2.59 bits per heavy atom. The normalized spacial score (nSPS) is 25.9. The number of nitrogens with one attached hydrogen (secondary N) is 1. The lowest BCUT2D eigenvalue weighted by Crippen LogP contribution is -2.34. The largest absolute Gasteiger partial charge is 0.314 e. The van der Waals surface area contributed by atoms with Crippen molar-refractivity contribution >= 4 is 0 Å². The van der Waals surface area contributed by atoms with Crippen LogP contribution in [0.15, 0.2) is 0 Å². The van der Waals surface area contributed by atoms with E-state index in [-0.39, 0.29) is 0 Å². The van der Waals surface area contributed by atoms with Gasteiger partial charge in [-0.15, -0.1) is 0 Å². The smallest absolute Gasteiger partial charge is 0.0109 e. The van der Waals surface area contributed by atoms with Gasteiger partial charge in [0.05, 0.1) is 0 Å². The molecule has 1 aliphatic heterocycles. The highest BCUT2D eigenvalue weighted by Crippen LogP contribution is 2.21. The van der Waals surface area contributed by atoms with Gasteiger partial charge in [-0.25, -0.2) is 0 Å². The first kappa shape index (κ1) is 13.3. The maximum absolute atomic E-state index is 3.67. The number of rotatable bonds is 8. The Hall–Kier alpha value is -0.120. The fourth-order valence-electron chi connectivity index (χ4n) is 2.73. The molecule has 1 unspecified atom stereocenters. The molecule has 0 aromatic heterocycles. The predicted octanol–water partition coefficient (Wildman–Crippen LogP) is 1.40. The molecule has 2 fully saturated rings. The zero-order valence-electron chi connectivity index (χ0n) is 11.6. The highest BCUT2D eigenvalue weighted by atomic mass is 15.2. The van der Waals surface area contributed by atoms with Crippen LogP contribution < -0.4 is 5.32 Å². The van der Waals surface area contributed by atoms with Crippen LogP contribution in [0.5, 0.6) is 0 Å². The Balaban J connectivity index is 1.56. The van der Waals surface area contributed by atoms with Crippen molar-refractivity contribution in [2.75, 3.05) is 45.8 Å². The van der Waals surface area contributed by atoms with Crippen LogP contribution in [0.1, 0.15) is 33.1 Å². The van der Waals surface area contributed by atoms with Crippen LogP contribution in [-0.2, 0) is 0 Å². The van der Waals surface area contributed by atoms with Crippen molar-refractivity contribution < 1.29 is 0 Å². The van der Waals surface area contributed by atoms with Crippen LogP contribution in [0.3, 0.4) is 0 Å². The molecule has 0 aromatic carbocycles. The van der Waals surface area contributed by atoms with Crippen molar-refractivity contribution in [3.05, 3.63) is 0 Å². The fraction of sp³-hybridized carbons (Fsp3) is 1.00. The summed E-state index contributed by atoms with van der Waals surface area (Å²) in [6.07, 6.45) is 4.23. The third-order valence-electron chi connectivity index (χ3n) is 4.27. The summed E-state index contributed by atoms with van der Waals surface area (Å²) < 4.78 is 0. The molecule has 0 radical (unpaired) electrons. The lowest BCUT2D eigenvalue weighted by molar-refractivity contribution is 0.236. The van der Waals surface area contributed by atoms with Gasteiger partial charge < -0.3 is 15.1 Å². The van der Waals surface area contributed by atoms with E-state index in [9.17, 15) is 0 Å². The van der Waals surface area contributed by atoms with E-state index < -0.39 is 0 Å². The molecule has 0 spiro atoms. The van der Waals surface area contributed by atoms with Crippen molar-refractivity contribution in [1.82, 2.24) is 15.1 Å². The highest BCUT2D eigenvalue weighted by Gasteiger charge is 2.26. The van der Waals surface area contributed by atoms with Gasteiger partial charge >= 0.3 is 0 Å². The van der Waals surface area contributed by atoms with Gasteiger partial charge in [0.15, 0.2) is 0 Å².